The third-order valence-corrected chi connectivity index (χ3v) is 5.76. The van der Waals surface area contributed by atoms with Gasteiger partial charge in [-0.05, 0) is 5.23 Å². The molecule has 3 heterocycles. The van der Waals surface area contributed by atoms with Gasteiger partial charge in [-0.2, -0.15) is 5.26 Å². The minimum atomic E-state index is -1.10. The molecular formula is C14H12N4O8S2. The van der Waals surface area contributed by atoms with Crippen LogP contribution in [0.15, 0.2) is 9.00 Å². The Morgan fingerprint density at radius 3 is 2.89 bits per heavy atom. The van der Waals surface area contributed by atoms with Crippen LogP contribution in [0.3, 0.4) is 0 Å². The molecule has 3 rings (SSSR count). The number of hydroxylamine groups is 2. The van der Waals surface area contributed by atoms with Crippen molar-refractivity contribution in [3.63, 3.8) is 0 Å². The lowest BCUT2D eigenvalue weighted by atomic mass is 10.2. The lowest BCUT2D eigenvalue weighted by Crippen LogP contribution is -2.44. The molecule has 2 amide bonds. The molecule has 2 atom stereocenters. The number of hydrogen-bond donors (Lipinski definition) is 2. The average molecular weight is 428 g/mol. The zero-order valence-electron chi connectivity index (χ0n) is 14.0. The third-order valence-electron chi connectivity index (χ3n) is 3.61. The summed E-state index contributed by atoms with van der Waals surface area (Å²) < 4.78 is 7.48. The second kappa shape index (κ2) is 8.42. The minimum Gasteiger partial charge on any atom is -0.450 e. The largest absolute Gasteiger partial charge is 0.450 e. The number of aromatic nitrogens is 1. The molecule has 2 N–H and O–H groups in total. The number of nitrogens with zero attached hydrogens (tertiary/aromatic N) is 2. The summed E-state index contributed by atoms with van der Waals surface area (Å²) in [5.74, 6) is -2.99. The van der Waals surface area contributed by atoms with E-state index in [0.717, 1.165) is 23.3 Å². The third kappa shape index (κ3) is 4.32. The van der Waals surface area contributed by atoms with Crippen molar-refractivity contribution in [1.82, 2.24) is 14.9 Å². The number of rotatable bonds is 6. The first kappa shape index (κ1) is 19.9. The van der Waals surface area contributed by atoms with Crippen LogP contribution < -0.4 is 10.9 Å². The summed E-state index contributed by atoms with van der Waals surface area (Å²) in [6.07, 6.45) is -0.877. The molecule has 2 saturated heterocycles. The second-order valence-electron chi connectivity index (χ2n) is 5.53. The number of esters is 1. The zero-order valence-corrected chi connectivity index (χ0v) is 15.6. The molecule has 1 unspecified atom stereocenters. The van der Waals surface area contributed by atoms with Gasteiger partial charge in [0.15, 0.2) is 0 Å². The summed E-state index contributed by atoms with van der Waals surface area (Å²) in [6, 6.07) is 0.675. The molecule has 2 aliphatic rings. The Balaban J connectivity index is 1.47. The minimum absolute atomic E-state index is 0.0752. The number of nitriles is 1. The van der Waals surface area contributed by atoms with E-state index in [1.165, 1.54) is 0 Å². The first-order valence-corrected chi connectivity index (χ1v) is 9.61. The van der Waals surface area contributed by atoms with Crippen molar-refractivity contribution in [2.45, 2.75) is 29.2 Å². The number of nitrogens with one attached hydrogen (secondary N) is 2. The summed E-state index contributed by atoms with van der Waals surface area (Å²) in [7, 11) is 0. The number of hydrogen-bond acceptors (Lipinski definition) is 11. The predicted octanol–water partition coefficient (Wildman–Crippen LogP) is -1.18. The molecule has 148 valence electrons. The number of carbonyl (C=O) groups excluding carboxylic acids is 4. The zero-order chi connectivity index (χ0) is 20.3. The Bertz CT molecular complexity index is 919. The Kier molecular flexibility index (Phi) is 5.97. The van der Waals surface area contributed by atoms with E-state index in [4.69, 9.17) is 19.7 Å². The lowest BCUT2D eigenvalue weighted by Gasteiger charge is -2.15. The van der Waals surface area contributed by atoms with E-state index in [1.54, 1.807) is 6.07 Å². The average Bonchev–Trinajstić information content (AvgIpc) is 3.34. The molecule has 12 nitrogen and oxygen atoms in total. The molecule has 2 fully saturated rings. The number of cyclic esters (lactones) is 1. The highest BCUT2D eigenvalue weighted by Gasteiger charge is 2.40. The Morgan fingerprint density at radius 1 is 1.43 bits per heavy atom. The molecule has 28 heavy (non-hydrogen) atoms. The van der Waals surface area contributed by atoms with Crippen molar-refractivity contribution < 1.29 is 33.6 Å². The van der Waals surface area contributed by atoms with Crippen molar-refractivity contribution in [1.29, 1.82) is 5.26 Å². The molecule has 0 aliphatic carbocycles. The fourth-order valence-corrected chi connectivity index (χ4v) is 3.96. The van der Waals surface area contributed by atoms with E-state index >= 15 is 0 Å². The molecular weight excluding hydrogens is 416 g/mol. The van der Waals surface area contributed by atoms with Crippen LogP contribution in [-0.2, 0) is 33.6 Å². The highest BCUT2D eigenvalue weighted by Crippen LogP contribution is 2.23. The van der Waals surface area contributed by atoms with Crippen LogP contribution in [0.5, 0.6) is 0 Å². The van der Waals surface area contributed by atoms with Crippen molar-refractivity contribution >= 4 is 47.0 Å². The molecule has 0 spiro atoms. The van der Waals surface area contributed by atoms with Gasteiger partial charge in [-0.1, -0.05) is 11.5 Å². The topological polar surface area (TPSA) is 168 Å². The van der Waals surface area contributed by atoms with Gasteiger partial charge in [0.1, 0.15) is 28.5 Å². The smallest absolute Gasteiger partial charge is 0.375 e. The monoisotopic (exact) mass is 428 g/mol. The number of carbonyl (C=O) groups is 4. The van der Waals surface area contributed by atoms with E-state index in [9.17, 15) is 24.0 Å². The second-order valence-corrected chi connectivity index (χ2v) is 7.60. The van der Waals surface area contributed by atoms with Gasteiger partial charge in [-0.25, -0.2) is 9.63 Å². The van der Waals surface area contributed by atoms with Crippen molar-refractivity contribution in [3.05, 3.63) is 15.9 Å². The molecule has 0 bridgehead atoms. The van der Waals surface area contributed by atoms with Crippen LogP contribution in [0.1, 0.15) is 18.4 Å². The summed E-state index contributed by atoms with van der Waals surface area (Å²) in [5.41, 5.74) is -0.603. The Labute approximate surface area is 164 Å². The number of amides is 2. The van der Waals surface area contributed by atoms with E-state index in [0.29, 0.717) is 9.44 Å². The first-order chi connectivity index (χ1) is 13.4. The molecule has 1 aromatic heterocycles. The SMILES string of the molecule is N#Cc1c(SCC(=O)N[C@H]2CON(OC(=O)C3CCC(=O)O3)C2=O)s[nH]c1=O. The molecule has 0 saturated carbocycles. The number of ether oxygens (including phenoxy) is 1. The molecule has 2 aliphatic heterocycles. The normalized spacial score (nSPS) is 21.3. The maximum atomic E-state index is 12.1. The summed E-state index contributed by atoms with van der Waals surface area (Å²) in [4.78, 5) is 68.0. The maximum absolute atomic E-state index is 12.1. The van der Waals surface area contributed by atoms with Gasteiger partial charge >= 0.3 is 17.8 Å². The van der Waals surface area contributed by atoms with Gasteiger partial charge in [-0.15, -0.1) is 11.8 Å². The van der Waals surface area contributed by atoms with Gasteiger partial charge in [0.25, 0.3) is 5.56 Å². The van der Waals surface area contributed by atoms with Crippen molar-refractivity contribution in [3.8, 4) is 6.07 Å². The van der Waals surface area contributed by atoms with Gasteiger partial charge in [-0.3, -0.25) is 23.6 Å². The van der Waals surface area contributed by atoms with E-state index < -0.39 is 41.5 Å². The van der Waals surface area contributed by atoms with Gasteiger partial charge in [0.05, 0.1) is 5.75 Å². The summed E-state index contributed by atoms with van der Waals surface area (Å²) in [6.45, 7) is -0.256. The maximum Gasteiger partial charge on any atom is 0.375 e. The van der Waals surface area contributed by atoms with Crippen molar-refractivity contribution in [2.24, 2.45) is 0 Å². The fourth-order valence-electron chi connectivity index (χ4n) is 2.26. The number of H-pyrrole nitrogens is 1. The van der Waals surface area contributed by atoms with Crippen molar-refractivity contribution in [2.75, 3.05) is 12.4 Å². The fraction of sp³-hybridized carbons (Fsp3) is 0.429. The van der Waals surface area contributed by atoms with Gasteiger partial charge in [0.2, 0.25) is 12.0 Å². The summed E-state index contributed by atoms with van der Waals surface area (Å²) >= 11 is 1.90. The van der Waals surface area contributed by atoms with Crippen LogP contribution in [0.25, 0.3) is 0 Å². The highest BCUT2D eigenvalue weighted by atomic mass is 32.2. The molecule has 0 radical (unpaired) electrons. The van der Waals surface area contributed by atoms with E-state index in [2.05, 4.69) is 9.69 Å². The predicted molar refractivity (Wildman–Crippen MR) is 90.3 cm³/mol. The van der Waals surface area contributed by atoms with Gasteiger partial charge < -0.3 is 14.9 Å². The van der Waals surface area contributed by atoms with Crippen LogP contribution in [0.2, 0.25) is 0 Å². The summed E-state index contributed by atoms with van der Waals surface area (Å²) in [5, 5.41) is 11.6. The van der Waals surface area contributed by atoms with E-state index in [-0.39, 0.29) is 30.8 Å². The molecule has 14 heteroatoms. The highest BCUT2D eigenvalue weighted by molar-refractivity contribution is 8.01. The Hall–Kier alpha value is -2.89. The molecule has 1 aromatic rings. The quantitative estimate of drug-likeness (QED) is 0.416. The van der Waals surface area contributed by atoms with Crippen LogP contribution in [0.4, 0.5) is 0 Å². The van der Waals surface area contributed by atoms with Crippen LogP contribution in [0, 0.1) is 11.3 Å². The number of aromatic amines is 1. The van der Waals surface area contributed by atoms with E-state index in [1.807, 2.05) is 0 Å². The van der Waals surface area contributed by atoms with Crippen LogP contribution in [-0.4, -0.2) is 57.9 Å². The van der Waals surface area contributed by atoms with Gasteiger partial charge in [0, 0.05) is 12.8 Å². The van der Waals surface area contributed by atoms with Crippen LogP contribution >= 0.6 is 23.3 Å². The number of thioether (sulfide) groups is 1. The standard InChI is InChI=1S/C14H12N4O8S2/c15-3-6-11(21)17-28-14(6)27-5-9(19)16-7-4-24-18(12(7)22)26-13(23)8-1-2-10(20)25-8/h7-8H,1-2,4-5H2,(H,16,19)(H,17,21)/t7-,8?/m0/s1. The Morgan fingerprint density at radius 2 is 2.21 bits per heavy atom. The first-order valence-electron chi connectivity index (χ1n) is 7.81. The molecule has 0 aromatic carbocycles. The lowest BCUT2D eigenvalue weighted by molar-refractivity contribution is -0.306.